The number of nitrogens with zero attached hydrogens (tertiary/aromatic N) is 3. The quantitative estimate of drug-likeness (QED) is 0.526. The van der Waals surface area contributed by atoms with Crippen LogP contribution in [-0.4, -0.2) is 40.4 Å². The molecule has 0 radical (unpaired) electrons. The van der Waals surface area contributed by atoms with Crippen molar-refractivity contribution in [3.63, 3.8) is 0 Å². The fourth-order valence-electron chi connectivity index (χ4n) is 5.45. The van der Waals surface area contributed by atoms with Gasteiger partial charge in [0.2, 0.25) is 0 Å². The average Bonchev–Trinajstić information content (AvgIpc) is 2.82. The summed E-state index contributed by atoms with van der Waals surface area (Å²) in [7, 11) is 0. The van der Waals surface area contributed by atoms with E-state index in [0.717, 1.165) is 60.9 Å². The van der Waals surface area contributed by atoms with Gasteiger partial charge in [-0.25, -0.2) is 4.79 Å². The molecule has 2 saturated heterocycles. The second kappa shape index (κ2) is 9.16. The van der Waals surface area contributed by atoms with Crippen LogP contribution in [0.5, 0.6) is 0 Å². The molecule has 1 unspecified atom stereocenters. The summed E-state index contributed by atoms with van der Waals surface area (Å²) in [5.74, 6) is 0. The summed E-state index contributed by atoms with van der Waals surface area (Å²) in [5.41, 5.74) is 4.51. The lowest BCUT2D eigenvalue weighted by Gasteiger charge is -2.60. The number of benzene rings is 2. The van der Waals surface area contributed by atoms with Crippen molar-refractivity contribution in [3.8, 4) is 0 Å². The first-order chi connectivity index (χ1) is 16.1. The highest BCUT2D eigenvalue weighted by molar-refractivity contribution is 6.31. The fraction of sp³-hybridized carbons (Fsp3) is 0.333. The van der Waals surface area contributed by atoms with Gasteiger partial charge in [-0.1, -0.05) is 54.1 Å². The number of aromatic nitrogens is 1. The highest BCUT2D eigenvalue weighted by atomic mass is 35.5. The molecular weight excluding hydrogens is 432 g/mol. The average molecular weight is 461 g/mol. The van der Waals surface area contributed by atoms with Crippen molar-refractivity contribution >= 4 is 23.3 Å². The Morgan fingerprint density at radius 1 is 1.09 bits per heavy atom. The van der Waals surface area contributed by atoms with Crippen molar-refractivity contribution < 1.29 is 4.79 Å². The Labute approximate surface area is 200 Å². The first-order valence-corrected chi connectivity index (χ1v) is 11.9. The number of amides is 2. The van der Waals surface area contributed by atoms with Gasteiger partial charge >= 0.3 is 6.03 Å². The number of halogens is 1. The van der Waals surface area contributed by atoms with Gasteiger partial charge in [0.15, 0.2) is 0 Å². The minimum absolute atomic E-state index is 0.00988. The third kappa shape index (κ3) is 4.35. The highest BCUT2D eigenvalue weighted by Gasteiger charge is 2.54. The highest BCUT2D eigenvalue weighted by Crippen LogP contribution is 2.55. The van der Waals surface area contributed by atoms with Gasteiger partial charge < -0.3 is 10.2 Å². The molecule has 5 rings (SSSR count). The maximum absolute atomic E-state index is 12.9. The maximum atomic E-state index is 12.9. The summed E-state index contributed by atoms with van der Waals surface area (Å²) in [6.07, 6.45) is 5.77. The molecule has 33 heavy (non-hydrogen) atoms. The van der Waals surface area contributed by atoms with Crippen molar-refractivity contribution in [1.82, 2.24) is 14.8 Å². The number of piperidine rings is 1. The predicted octanol–water partition coefficient (Wildman–Crippen LogP) is 5.91. The number of hydrogen-bond acceptors (Lipinski definition) is 3. The Balaban J connectivity index is 1.29. The van der Waals surface area contributed by atoms with Gasteiger partial charge in [-0.05, 0) is 54.7 Å². The van der Waals surface area contributed by atoms with Gasteiger partial charge in [0.05, 0.1) is 0 Å². The zero-order chi connectivity index (χ0) is 22.8. The van der Waals surface area contributed by atoms with Crippen LogP contribution in [0, 0.1) is 12.3 Å². The van der Waals surface area contributed by atoms with E-state index in [1.165, 1.54) is 5.56 Å². The van der Waals surface area contributed by atoms with E-state index in [-0.39, 0.29) is 17.5 Å². The van der Waals surface area contributed by atoms with Gasteiger partial charge in [0, 0.05) is 60.7 Å². The van der Waals surface area contributed by atoms with E-state index < -0.39 is 0 Å². The first kappa shape index (κ1) is 21.9. The Morgan fingerprint density at radius 3 is 2.58 bits per heavy atom. The van der Waals surface area contributed by atoms with Crippen LogP contribution < -0.4 is 5.32 Å². The monoisotopic (exact) mass is 460 g/mol. The lowest BCUT2D eigenvalue weighted by atomic mass is 9.63. The number of para-hydroxylation sites is 1. The van der Waals surface area contributed by atoms with Crippen LogP contribution in [0.4, 0.5) is 10.5 Å². The number of rotatable bonds is 4. The van der Waals surface area contributed by atoms with Gasteiger partial charge in [-0.3, -0.25) is 9.88 Å². The molecule has 0 aliphatic carbocycles. The van der Waals surface area contributed by atoms with Crippen LogP contribution in [0.1, 0.15) is 35.6 Å². The third-order valence-electron chi connectivity index (χ3n) is 7.23. The molecule has 2 aromatic carbocycles. The third-order valence-corrected chi connectivity index (χ3v) is 7.60. The molecular formula is C27H29ClN4O. The Morgan fingerprint density at radius 2 is 1.85 bits per heavy atom. The second-order valence-electron chi connectivity index (χ2n) is 9.28. The molecule has 3 heterocycles. The molecule has 0 saturated carbocycles. The van der Waals surface area contributed by atoms with Gasteiger partial charge in [0.25, 0.3) is 0 Å². The topological polar surface area (TPSA) is 48.5 Å². The lowest BCUT2D eigenvalue weighted by molar-refractivity contribution is -0.112. The van der Waals surface area contributed by atoms with Crippen molar-refractivity contribution in [2.75, 3.05) is 25.0 Å². The number of urea groups is 1. The number of hydrogen-bond donors (Lipinski definition) is 1. The van der Waals surface area contributed by atoms with Crippen LogP contribution in [0.25, 0.3) is 0 Å². The van der Waals surface area contributed by atoms with Crippen LogP contribution in [-0.2, 0) is 6.54 Å². The van der Waals surface area contributed by atoms with E-state index in [4.69, 9.17) is 11.6 Å². The standard InChI is InChI=1S/C27H29ClN4O/c1-20-7-2-5-11-24(20)30-26(33)31-15-12-27(13-16-31)19-32(18-22-8-3-4-10-23(22)28)25(27)21-9-6-14-29-17-21/h2-11,14,17,25H,12-13,15-16,18-19H2,1H3,(H,30,33). The van der Waals surface area contributed by atoms with E-state index in [9.17, 15) is 4.79 Å². The van der Waals surface area contributed by atoms with E-state index in [1.54, 1.807) is 0 Å². The largest absolute Gasteiger partial charge is 0.324 e. The lowest BCUT2D eigenvalue weighted by Crippen LogP contribution is -2.62. The summed E-state index contributed by atoms with van der Waals surface area (Å²) in [5, 5.41) is 3.90. The first-order valence-electron chi connectivity index (χ1n) is 11.5. The Kier molecular flexibility index (Phi) is 6.09. The van der Waals surface area contributed by atoms with Gasteiger partial charge in [-0.15, -0.1) is 0 Å². The number of carbonyl (C=O) groups excluding carboxylic acids is 1. The smallest absolute Gasteiger partial charge is 0.321 e. The molecule has 6 heteroatoms. The minimum Gasteiger partial charge on any atom is -0.324 e. The molecule has 2 aliphatic heterocycles. The van der Waals surface area contributed by atoms with Crippen LogP contribution in [0.2, 0.25) is 5.02 Å². The van der Waals surface area contributed by atoms with Gasteiger partial charge in [0.1, 0.15) is 0 Å². The van der Waals surface area contributed by atoms with Crippen LogP contribution in [0.15, 0.2) is 73.1 Å². The molecule has 1 spiro atoms. The maximum Gasteiger partial charge on any atom is 0.321 e. The number of nitrogens with one attached hydrogen (secondary N) is 1. The van der Waals surface area contributed by atoms with Crippen molar-refractivity contribution in [1.29, 1.82) is 0 Å². The summed E-state index contributed by atoms with van der Waals surface area (Å²) in [6.45, 7) is 5.35. The normalized spacial score (nSPS) is 19.8. The number of pyridine rings is 1. The number of likely N-dealkylation sites (tertiary alicyclic amines) is 2. The Hall–Kier alpha value is -2.89. The molecule has 2 amide bonds. The van der Waals surface area contributed by atoms with E-state index in [2.05, 4.69) is 27.3 Å². The summed E-state index contributed by atoms with van der Waals surface area (Å²) in [6, 6.07) is 20.4. The molecule has 1 aromatic heterocycles. The van der Waals surface area contributed by atoms with Crippen molar-refractivity contribution in [2.24, 2.45) is 5.41 Å². The molecule has 3 aromatic rings. The molecule has 1 N–H and O–H groups in total. The fourth-order valence-corrected chi connectivity index (χ4v) is 5.64. The van der Waals surface area contributed by atoms with E-state index >= 15 is 0 Å². The van der Waals surface area contributed by atoms with Crippen LogP contribution in [0.3, 0.4) is 0 Å². The molecule has 1 atom stereocenters. The SMILES string of the molecule is Cc1ccccc1NC(=O)N1CCC2(CC1)CN(Cc1ccccc1Cl)C2c1cccnc1. The van der Waals surface area contributed by atoms with Crippen LogP contribution >= 0.6 is 11.6 Å². The number of aryl methyl sites for hydroxylation is 1. The molecule has 2 aliphatic rings. The molecule has 2 fully saturated rings. The summed E-state index contributed by atoms with van der Waals surface area (Å²) >= 11 is 6.46. The zero-order valence-electron chi connectivity index (χ0n) is 18.9. The Bertz CT molecular complexity index is 1130. The van der Waals surface area contributed by atoms with Gasteiger partial charge in [-0.2, -0.15) is 0 Å². The molecule has 5 nitrogen and oxygen atoms in total. The van der Waals surface area contributed by atoms with Crippen molar-refractivity contribution in [2.45, 2.75) is 32.4 Å². The van der Waals surface area contributed by atoms with E-state index in [1.807, 2.05) is 72.7 Å². The predicted molar refractivity (Wildman–Crippen MR) is 132 cm³/mol. The zero-order valence-corrected chi connectivity index (χ0v) is 19.6. The van der Waals surface area contributed by atoms with E-state index in [0.29, 0.717) is 0 Å². The summed E-state index contributed by atoms with van der Waals surface area (Å²) < 4.78 is 0. The number of anilines is 1. The summed E-state index contributed by atoms with van der Waals surface area (Å²) in [4.78, 5) is 21.8. The minimum atomic E-state index is -0.00988. The molecule has 0 bridgehead atoms. The number of carbonyl (C=O) groups is 1. The second-order valence-corrected chi connectivity index (χ2v) is 9.69. The van der Waals surface area contributed by atoms with Crippen molar-refractivity contribution in [3.05, 3.63) is 94.8 Å². The molecule has 170 valence electrons.